The molecule has 0 aliphatic carbocycles. The Morgan fingerprint density at radius 3 is 2.48 bits per heavy atom. The molecule has 29 heavy (non-hydrogen) atoms. The standard InChI is InChI=1S/C20H28N6O3/c1-16-2-3-18(27)26(23-16)15-20(28)4-6-24(7-5-20)14-17-12-21-19(22-13-17)25-8-10-29-11-9-25/h2-3,12-13,28H,4-11,14-15H2,1H3. The Morgan fingerprint density at radius 2 is 1.79 bits per heavy atom. The molecule has 0 unspecified atom stereocenters. The third-order valence-electron chi connectivity index (χ3n) is 5.62. The minimum atomic E-state index is -0.905. The van der Waals surface area contributed by atoms with E-state index in [1.807, 2.05) is 19.3 Å². The van der Waals surface area contributed by atoms with Gasteiger partial charge >= 0.3 is 0 Å². The van der Waals surface area contributed by atoms with Crippen LogP contribution < -0.4 is 10.5 Å². The summed E-state index contributed by atoms with van der Waals surface area (Å²) in [4.78, 5) is 25.4. The van der Waals surface area contributed by atoms with Crippen molar-refractivity contribution in [2.75, 3.05) is 44.3 Å². The maximum absolute atomic E-state index is 12.0. The quantitative estimate of drug-likeness (QED) is 0.761. The Labute approximate surface area is 170 Å². The van der Waals surface area contributed by atoms with Gasteiger partial charge in [-0.3, -0.25) is 9.69 Å². The highest BCUT2D eigenvalue weighted by atomic mass is 16.5. The molecule has 2 aliphatic heterocycles. The van der Waals surface area contributed by atoms with E-state index < -0.39 is 5.60 Å². The normalized spacial score (nSPS) is 20.0. The smallest absolute Gasteiger partial charge is 0.266 e. The molecule has 4 heterocycles. The van der Waals surface area contributed by atoms with E-state index in [0.29, 0.717) is 26.1 Å². The van der Waals surface area contributed by atoms with Gasteiger partial charge < -0.3 is 14.7 Å². The molecule has 9 heteroatoms. The fourth-order valence-electron chi connectivity index (χ4n) is 3.84. The molecule has 0 bridgehead atoms. The minimum absolute atomic E-state index is 0.177. The van der Waals surface area contributed by atoms with E-state index >= 15 is 0 Å². The largest absolute Gasteiger partial charge is 0.388 e. The van der Waals surface area contributed by atoms with E-state index in [-0.39, 0.29) is 12.1 Å². The number of piperidine rings is 1. The van der Waals surface area contributed by atoms with E-state index in [1.54, 1.807) is 6.07 Å². The van der Waals surface area contributed by atoms with E-state index in [4.69, 9.17) is 4.74 Å². The third kappa shape index (κ3) is 4.98. The Hall–Kier alpha value is -2.36. The van der Waals surface area contributed by atoms with Crippen molar-refractivity contribution in [2.45, 2.75) is 38.5 Å². The predicted octanol–water partition coefficient (Wildman–Crippen LogP) is 0.205. The van der Waals surface area contributed by atoms with Gasteiger partial charge in [0.15, 0.2) is 0 Å². The number of aryl methyl sites for hydroxylation is 1. The Balaban J connectivity index is 1.31. The Morgan fingerprint density at radius 1 is 1.10 bits per heavy atom. The van der Waals surface area contributed by atoms with Crippen LogP contribution in [0, 0.1) is 6.92 Å². The molecule has 4 rings (SSSR count). The summed E-state index contributed by atoms with van der Waals surface area (Å²) in [5.74, 6) is 0.751. The van der Waals surface area contributed by atoms with Crippen LogP contribution in [0.4, 0.5) is 5.95 Å². The first kappa shape index (κ1) is 19.9. The summed E-state index contributed by atoms with van der Waals surface area (Å²) >= 11 is 0. The van der Waals surface area contributed by atoms with Crippen molar-refractivity contribution >= 4 is 5.95 Å². The summed E-state index contributed by atoms with van der Waals surface area (Å²) in [7, 11) is 0. The lowest BCUT2D eigenvalue weighted by Crippen LogP contribution is -2.48. The molecule has 0 radical (unpaired) electrons. The monoisotopic (exact) mass is 400 g/mol. The van der Waals surface area contributed by atoms with Gasteiger partial charge in [0.25, 0.3) is 5.56 Å². The molecule has 0 atom stereocenters. The highest BCUT2D eigenvalue weighted by Crippen LogP contribution is 2.24. The van der Waals surface area contributed by atoms with Gasteiger partial charge in [0.2, 0.25) is 5.95 Å². The average molecular weight is 400 g/mol. The molecular weight excluding hydrogens is 372 g/mol. The number of anilines is 1. The van der Waals surface area contributed by atoms with Crippen molar-refractivity contribution in [3.05, 3.63) is 46.1 Å². The van der Waals surface area contributed by atoms with E-state index in [0.717, 1.165) is 49.9 Å². The number of hydrogen-bond donors (Lipinski definition) is 1. The highest BCUT2D eigenvalue weighted by molar-refractivity contribution is 5.30. The van der Waals surface area contributed by atoms with Crippen LogP contribution in [0.15, 0.2) is 29.3 Å². The highest BCUT2D eigenvalue weighted by Gasteiger charge is 2.33. The van der Waals surface area contributed by atoms with Crippen molar-refractivity contribution < 1.29 is 9.84 Å². The molecule has 2 aromatic rings. The van der Waals surface area contributed by atoms with Crippen LogP contribution in [0.25, 0.3) is 0 Å². The Kier molecular flexibility index (Phi) is 5.89. The summed E-state index contributed by atoms with van der Waals surface area (Å²) in [5.41, 5.74) is 0.747. The molecule has 9 nitrogen and oxygen atoms in total. The fraction of sp³-hybridized carbons (Fsp3) is 0.600. The predicted molar refractivity (Wildman–Crippen MR) is 108 cm³/mol. The lowest BCUT2D eigenvalue weighted by Gasteiger charge is -2.38. The SMILES string of the molecule is Cc1ccc(=O)n(CC2(O)CCN(Cc3cnc(N4CCOCC4)nc3)CC2)n1. The second-order valence-electron chi connectivity index (χ2n) is 7.96. The topological polar surface area (TPSA) is 96.6 Å². The molecule has 2 aliphatic rings. The van der Waals surface area contributed by atoms with Gasteiger partial charge in [0, 0.05) is 56.7 Å². The number of rotatable bonds is 5. The number of aromatic nitrogens is 4. The van der Waals surface area contributed by atoms with Gasteiger partial charge in [-0.05, 0) is 25.8 Å². The van der Waals surface area contributed by atoms with Gasteiger partial charge in [-0.1, -0.05) is 0 Å². The number of aliphatic hydroxyl groups is 1. The molecule has 0 aromatic carbocycles. The minimum Gasteiger partial charge on any atom is -0.388 e. The van der Waals surface area contributed by atoms with Crippen LogP contribution >= 0.6 is 0 Å². The molecule has 2 aromatic heterocycles. The maximum Gasteiger partial charge on any atom is 0.266 e. The van der Waals surface area contributed by atoms with Crippen LogP contribution in [0.2, 0.25) is 0 Å². The van der Waals surface area contributed by atoms with Gasteiger partial charge in [0.1, 0.15) is 0 Å². The van der Waals surface area contributed by atoms with E-state index in [2.05, 4.69) is 24.9 Å². The van der Waals surface area contributed by atoms with Crippen LogP contribution in [-0.4, -0.2) is 74.7 Å². The van der Waals surface area contributed by atoms with Crippen molar-refractivity contribution in [2.24, 2.45) is 0 Å². The van der Waals surface area contributed by atoms with Crippen molar-refractivity contribution in [1.29, 1.82) is 0 Å². The molecule has 2 fully saturated rings. The van der Waals surface area contributed by atoms with Crippen LogP contribution in [0.3, 0.4) is 0 Å². The van der Waals surface area contributed by atoms with E-state index in [9.17, 15) is 9.90 Å². The summed E-state index contributed by atoms with van der Waals surface area (Å²) < 4.78 is 6.74. The van der Waals surface area contributed by atoms with Gasteiger partial charge in [0.05, 0.1) is 31.1 Å². The molecule has 2 saturated heterocycles. The molecule has 0 amide bonds. The van der Waals surface area contributed by atoms with Gasteiger partial charge in [-0.2, -0.15) is 5.10 Å². The summed E-state index contributed by atoms with van der Waals surface area (Å²) in [6.07, 6.45) is 4.97. The molecular formula is C20H28N6O3. The van der Waals surface area contributed by atoms with Crippen molar-refractivity contribution in [3.63, 3.8) is 0 Å². The first-order valence-electron chi connectivity index (χ1n) is 10.1. The van der Waals surface area contributed by atoms with Crippen LogP contribution in [-0.2, 0) is 17.8 Å². The van der Waals surface area contributed by atoms with Crippen molar-refractivity contribution in [1.82, 2.24) is 24.6 Å². The van der Waals surface area contributed by atoms with E-state index in [1.165, 1.54) is 10.7 Å². The lowest BCUT2D eigenvalue weighted by molar-refractivity contribution is -0.0390. The fourth-order valence-corrected chi connectivity index (χ4v) is 3.84. The average Bonchev–Trinajstić information content (AvgIpc) is 2.74. The zero-order valence-corrected chi connectivity index (χ0v) is 16.8. The molecule has 156 valence electrons. The summed E-state index contributed by atoms with van der Waals surface area (Å²) in [6.45, 7) is 7.41. The molecule has 0 saturated carbocycles. The van der Waals surface area contributed by atoms with Crippen LogP contribution in [0.5, 0.6) is 0 Å². The number of likely N-dealkylation sites (tertiary alicyclic amines) is 1. The zero-order valence-electron chi connectivity index (χ0n) is 16.8. The second kappa shape index (κ2) is 8.56. The first-order valence-corrected chi connectivity index (χ1v) is 10.1. The number of hydrogen-bond acceptors (Lipinski definition) is 8. The summed E-state index contributed by atoms with van der Waals surface area (Å²) in [6, 6.07) is 3.19. The number of ether oxygens (including phenoxy) is 1. The Bertz CT molecular complexity index is 871. The lowest BCUT2D eigenvalue weighted by atomic mass is 9.91. The third-order valence-corrected chi connectivity index (χ3v) is 5.62. The maximum atomic E-state index is 12.0. The molecule has 0 spiro atoms. The van der Waals surface area contributed by atoms with Gasteiger partial charge in [-0.25, -0.2) is 14.6 Å². The first-order chi connectivity index (χ1) is 14.0. The van der Waals surface area contributed by atoms with Gasteiger partial charge in [-0.15, -0.1) is 0 Å². The van der Waals surface area contributed by atoms with Crippen LogP contribution in [0.1, 0.15) is 24.1 Å². The number of nitrogens with zero attached hydrogens (tertiary/aromatic N) is 6. The molecule has 1 N–H and O–H groups in total. The second-order valence-corrected chi connectivity index (χ2v) is 7.96. The zero-order chi connectivity index (χ0) is 20.3. The van der Waals surface area contributed by atoms with Crippen molar-refractivity contribution in [3.8, 4) is 0 Å². The number of morpholine rings is 1. The summed E-state index contributed by atoms with van der Waals surface area (Å²) in [5, 5.41) is 15.2.